The summed E-state index contributed by atoms with van der Waals surface area (Å²) in [4.78, 5) is 25.2. The first-order valence-corrected chi connectivity index (χ1v) is 9.60. The molecule has 0 spiro atoms. The van der Waals surface area contributed by atoms with E-state index < -0.39 is 5.97 Å². The second-order valence-electron chi connectivity index (χ2n) is 6.09. The molecule has 1 saturated heterocycles. The van der Waals surface area contributed by atoms with Crippen molar-refractivity contribution < 1.29 is 18.7 Å². The number of hydrogen-bond acceptors (Lipinski definition) is 8. The number of rotatable bonds is 7. The van der Waals surface area contributed by atoms with Crippen molar-refractivity contribution in [1.82, 2.24) is 20.4 Å². The number of likely N-dealkylation sites (tertiary alicyclic amines) is 1. The minimum absolute atomic E-state index is 0.0868. The molecule has 2 aromatic heterocycles. The maximum absolute atomic E-state index is 11.9. The fraction of sp³-hybridized carbons (Fsp3) is 0.529. The van der Waals surface area contributed by atoms with Gasteiger partial charge in [0.15, 0.2) is 0 Å². The number of nitrogens with zero attached hydrogens (tertiary/aromatic N) is 3. The number of ether oxygens (including phenoxy) is 1. The van der Waals surface area contributed by atoms with Gasteiger partial charge < -0.3 is 14.5 Å². The molecule has 0 aromatic carbocycles. The number of aromatic nitrogens is 2. The number of piperidine rings is 1. The summed E-state index contributed by atoms with van der Waals surface area (Å²) in [6, 6.07) is 1.96. The highest BCUT2D eigenvalue weighted by atomic mass is 32.1. The molecule has 140 valence electrons. The lowest BCUT2D eigenvalue weighted by atomic mass is 9.97. The number of esters is 1. The average molecular weight is 378 g/mol. The molecule has 1 aliphatic rings. The molecule has 0 saturated carbocycles. The number of nitrogens with one attached hydrogen (secondary N) is 1. The van der Waals surface area contributed by atoms with E-state index >= 15 is 0 Å². The average Bonchev–Trinajstić information content (AvgIpc) is 3.32. The van der Waals surface area contributed by atoms with Gasteiger partial charge in [0.05, 0.1) is 13.2 Å². The van der Waals surface area contributed by atoms with E-state index in [1.165, 1.54) is 0 Å². The highest BCUT2D eigenvalue weighted by Gasteiger charge is 2.26. The monoisotopic (exact) mass is 378 g/mol. The molecule has 1 amide bonds. The molecule has 3 heterocycles. The van der Waals surface area contributed by atoms with Crippen LogP contribution >= 0.6 is 11.3 Å². The quantitative estimate of drug-likeness (QED) is 0.732. The lowest BCUT2D eigenvalue weighted by Gasteiger charge is -2.29. The lowest BCUT2D eigenvalue weighted by Crippen LogP contribution is -2.42. The summed E-state index contributed by atoms with van der Waals surface area (Å²) in [5.74, 6) is 0.847. The number of carbonyl (C=O) groups is 2. The van der Waals surface area contributed by atoms with Crippen LogP contribution in [0.25, 0.3) is 11.5 Å². The largest absolute Gasteiger partial charge is 0.465 e. The van der Waals surface area contributed by atoms with Gasteiger partial charge in [-0.15, -0.1) is 10.2 Å². The predicted molar refractivity (Wildman–Crippen MR) is 95.7 cm³/mol. The van der Waals surface area contributed by atoms with Gasteiger partial charge >= 0.3 is 5.97 Å². The zero-order valence-electron chi connectivity index (χ0n) is 14.6. The fourth-order valence-corrected chi connectivity index (χ4v) is 3.51. The van der Waals surface area contributed by atoms with Crippen molar-refractivity contribution in [2.75, 3.05) is 32.8 Å². The maximum Gasteiger partial charge on any atom is 0.325 e. The van der Waals surface area contributed by atoms with E-state index in [1.807, 2.05) is 16.8 Å². The summed E-state index contributed by atoms with van der Waals surface area (Å²) in [6.45, 7) is 3.77. The van der Waals surface area contributed by atoms with Gasteiger partial charge in [-0.3, -0.25) is 14.5 Å². The van der Waals surface area contributed by atoms with Crippen LogP contribution in [0, 0.1) is 0 Å². The fourth-order valence-electron chi connectivity index (χ4n) is 2.88. The zero-order valence-corrected chi connectivity index (χ0v) is 15.5. The molecule has 0 unspecified atom stereocenters. The van der Waals surface area contributed by atoms with Crippen molar-refractivity contribution in [2.45, 2.75) is 25.7 Å². The maximum atomic E-state index is 11.9. The van der Waals surface area contributed by atoms with Crippen molar-refractivity contribution >= 4 is 23.2 Å². The first-order chi connectivity index (χ1) is 12.7. The van der Waals surface area contributed by atoms with Gasteiger partial charge in [0.1, 0.15) is 6.54 Å². The van der Waals surface area contributed by atoms with Crippen LogP contribution in [0.2, 0.25) is 0 Å². The third-order valence-corrected chi connectivity index (χ3v) is 4.93. The molecule has 3 rings (SSSR count). The number of amides is 1. The van der Waals surface area contributed by atoms with Gasteiger partial charge in [0, 0.05) is 16.9 Å². The smallest absolute Gasteiger partial charge is 0.325 e. The molecule has 0 atom stereocenters. The summed E-state index contributed by atoms with van der Waals surface area (Å²) >= 11 is 1.59. The van der Waals surface area contributed by atoms with Crippen molar-refractivity contribution in [3.05, 3.63) is 22.7 Å². The van der Waals surface area contributed by atoms with E-state index in [9.17, 15) is 9.59 Å². The summed E-state index contributed by atoms with van der Waals surface area (Å²) in [6.07, 6.45) is 1.72. The van der Waals surface area contributed by atoms with Gasteiger partial charge in [-0.05, 0) is 44.3 Å². The molecule has 2 aromatic rings. The Labute approximate surface area is 155 Å². The van der Waals surface area contributed by atoms with Crippen LogP contribution in [0.4, 0.5) is 0 Å². The molecular weight excluding hydrogens is 356 g/mol. The van der Waals surface area contributed by atoms with Crippen LogP contribution in [-0.4, -0.2) is 59.8 Å². The topological polar surface area (TPSA) is 97.6 Å². The Bertz CT molecular complexity index is 723. The van der Waals surface area contributed by atoms with Crippen molar-refractivity contribution in [3.8, 4) is 11.5 Å². The highest BCUT2D eigenvalue weighted by molar-refractivity contribution is 7.08. The summed E-state index contributed by atoms with van der Waals surface area (Å²) in [7, 11) is 0. The Kier molecular flexibility index (Phi) is 6.35. The van der Waals surface area contributed by atoms with Crippen LogP contribution in [-0.2, 0) is 14.3 Å². The van der Waals surface area contributed by atoms with E-state index in [1.54, 1.807) is 18.3 Å². The highest BCUT2D eigenvalue weighted by Crippen LogP contribution is 2.29. The number of hydrogen-bond donors (Lipinski definition) is 1. The van der Waals surface area contributed by atoms with E-state index in [2.05, 4.69) is 20.4 Å². The summed E-state index contributed by atoms with van der Waals surface area (Å²) < 4.78 is 10.6. The Hall–Kier alpha value is -2.26. The second kappa shape index (κ2) is 8.91. The van der Waals surface area contributed by atoms with Crippen LogP contribution in [0.1, 0.15) is 31.6 Å². The summed E-state index contributed by atoms with van der Waals surface area (Å²) in [5, 5.41) is 14.9. The third-order valence-electron chi connectivity index (χ3n) is 4.25. The Morgan fingerprint density at radius 3 is 2.88 bits per heavy atom. The molecule has 0 bridgehead atoms. The SMILES string of the molecule is CCOC(=O)CNC(=O)CN1CCC(c2nnc(-c3ccsc3)o2)CC1. The minimum atomic E-state index is -0.419. The van der Waals surface area contributed by atoms with E-state index in [0.29, 0.717) is 18.4 Å². The standard InChI is InChI=1S/C17H22N4O4S/c1-2-24-15(23)9-18-14(22)10-21-6-3-12(4-7-21)16-19-20-17(25-16)13-5-8-26-11-13/h5,8,11-12H,2-4,6-7,9-10H2,1H3,(H,18,22). The third kappa shape index (κ3) is 4.89. The molecule has 1 N–H and O–H groups in total. The molecule has 1 fully saturated rings. The van der Waals surface area contributed by atoms with Gasteiger partial charge in [-0.2, -0.15) is 11.3 Å². The van der Waals surface area contributed by atoms with Crippen LogP contribution in [0.3, 0.4) is 0 Å². The molecule has 0 radical (unpaired) electrons. The molecule has 26 heavy (non-hydrogen) atoms. The van der Waals surface area contributed by atoms with Gasteiger partial charge in [-0.25, -0.2) is 0 Å². The van der Waals surface area contributed by atoms with Crippen molar-refractivity contribution in [2.24, 2.45) is 0 Å². The van der Waals surface area contributed by atoms with Gasteiger partial charge in [0.25, 0.3) is 0 Å². The normalized spacial score (nSPS) is 15.7. The molecule has 9 heteroatoms. The van der Waals surface area contributed by atoms with Crippen LogP contribution < -0.4 is 5.32 Å². The van der Waals surface area contributed by atoms with Crippen molar-refractivity contribution in [1.29, 1.82) is 0 Å². The molecular formula is C17H22N4O4S. The molecule has 0 aliphatic carbocycles. The van der Waals surface area contributed by atoms with E-state index in [0.717, 1.165) is 31.5 Å². The number of carbonyl (C=O) groups excluding carboxylic acids is 2. The second-order valence-corrected chi connectivity index (χ2v) is 6.87. The summed E-state index contributed by atoms with van der Waals surface area (Å²) in [5.41, 5.74) is 0.949. The molecule has 1 aliphatic heterocycles. The van der Waals surface area contributed by atoms with E-state index in [-0.39, 0.29) is 24.9 Å². The zero-order chi connectivity index (χ0) is 18.4. The lowest BCUT2D eigenvalue weighted by molar-refractivity contribution is -0.143. The molecule has 8 nitrogen and oxygen atoms in total. The van der Waals surface area contributed by atoms with Gasteiger partial charge in [-0.1, -0.05) is 0 Å². The Morgan fingerprint density at radius 2 is 2.19 bits per heavy atom. The number of thiophene rings is 1. The van der Waals surface area contributed by atoms with E-state index in [4.69, 9.17) is 9.15 Å². The first kappa shape index (κ1) is 18.5. The van der Waals surface area contributed by atoms with Gasteiger partial charge in [0.2, 0.25) is 17.7 Å². The van der Waals surface area contributed by atoms with Crippen LogP contribution in [0.15, 0.2) is 21.2 Å². The minimum Gasteiger partial charge on any atom is -0.465 e. The van der Waals surface area contributed by atoms with Crippen molar-refractivity contribution in [3.63, 3.8) is 0 Å². The van der Waals surface area contributed by atoms with Crippen LogP contribution in [0.5, 0.6) is 0 Å². The predicted octanol–water partition coefficient (Wildman–Crippen LogP) is 1.66. The Balaban J connectivity index is 1.43. The Morgan fingerprint density at radius 1 is 1.38 bits per heavy atom. The first-order valence-electron chi connectivity index (χ1n) is 8.66.